The van der Waals surface area contributed by atoms with Crippen molar-refractivity contribution in [3.05, 3.63) is 53.2 Å². The van der Waals surface area contributed by atoms with Crippen LogP contribution in [-0.4, -0.2) is 48.0 Å². The predicted molar refractivity (Wildman–Crippen MR) is 101 cm³/mol. The summed E-state index contributed by atoms with van der Waals surface area (Å²) in [5, 5.41) is 1.21. The van der Waals surface area contributed by atoms with Crippen molar-refractivity contribution in [3.8, 4) is 0 Å². The maximum Gasteiger partial charge on any atom is 0.263 e. The molecular formula is C19H20N4OS. The topological polar surface area (TPSA) is 49.3 Å². The van der Waals surface area contributed by atoms with Gasteiger partial charge in [-0.2, -0.15) is 0 Å². The van der Waals surface area contributed by atoms with Gasteiger partial charge in [0.15, 0.2) is 0 Å². The molecule has 0 spiro atoms. The van der Waals surface area contributed by atoms with Crippen LogP contribution < -0.4 is 4.90 Å². The fourth-order valence-electron chi connectivity index (χ4n) is 3.46. The van der Waals surface area contributed by atoms with Crippen LogP contribution in [0.25, 0.3) is 10.1 Å². The van der Waals surface area contributed by atoms with E-state index in [-0.39, 0.29) is 5.91 Å². The average Bonchev–Trinajstić information content (AvgIpc) is 3.26. The van der Waals surface area contributed by atoms with Crippen molar-refractivity contribution in [2.75, 3.05) is 32.1 Å². The van der Waals surface area contributed by atoms with Gasteiger partial charge in [-0.15, -0.1) is 11.3 Å². The lowest BCUT2D eigenvalue weighted by molar-refractivity contribution is 0.0831. The van der Waals surface area contributed by atoms with E-state index in [1.165, 1.54) is 15.6 Å². The van der Waals surface area contributed by atoms with Crippen LogP contribution >= 0.6 is 11.3 Å². The summed E-state index contributed by atoms with van der Waals surface area (Å²) < 4.78 is 1.18. The molecule has 0 saturated carbocycles. The zero-order valence-electron chi connectivity index (χ0n) is 14.3. The van der Waals surface area contributed by atoms with Crippen LogP contribution in [0.1, 0.15) is 27.6 Å². The number of hydrogen-bond donors (Lipinski definition) is 0. The minimum absolute atomic E-state index is 0.0885. The molecule has 0 aliphatic carbocycles. The second kappa shape index (κ2) is 6.44. The minimum atomic E-state index is 0.0885. The van der Waals surface area contributed by atoms with Gasteiger partial charge in [0.05, 0.1) is 4.88 Å². The van der Waals surface area contributed by atoms with Crippen LogP contribution in [-0.2, 0) is 0 Å². The van der Waals surface area contributed by atoms with Crippen molar-refractivity contribution in [1.82, 2.24) is 14.9 Å². The minimum Gasteiger partial charge on any atom is -0.344 e. The lowest BCUT2D eigenvalue weighted by Gasteiger charge is -2.17. The molecule has 3 aromatic rings. The Morgan fingerprint density at radius 3 is 2.72 bits per heavy atom. The Morgan fingerprint density at radius 2 is 1.96 bits per heavy atom. The number of rotatable bonds is 3. The average molecular weight is 352 g/mol. The summed E-state index contributed by atoms with van der Waals surface area (Å²) >= 11 is 1.60. The molecule has 0 radical (unpaired) electrons. The highest BCUT2D eigenvalue weighted by atomic mass is 32.1. The second-order valence-corrected chi connectivity index (χ2v) is 7.57. The van der Waals surface area contributed by atoms with E-state index in [1.54, 1.807) is 28.6 Å². The third kappa shape index (κ3) is 2.87. The summed E-state index contributed by atoms with van der Waals surface area (Å²) in [4.78, 5) is 26.2. The number of hydrogen-bond acceptors (Lipinski definition) is 5. The second-order valence-electron chi connectivity index (χ2n) is 6.52. The molecule has 1 saturated heterocycles. The van der Waals surface area contributed by atoms with Gasteiger partial charge in [0.1, 0.15) is 0 Å². The van der Waals surface area contributed by atoms with Gasteiger partial charge in [-0.3, -0.25) is 4.79 Å². The van der Waals surface area contributed by atoms with E-state index in [2.05, 4.69) is 33.1 Å². The Hall–Kier alpha value is -2.47. The summed E-state index contributed by atoms with van der Waals surface area (Å²) in [6.45, 7) is 1.76. The van der Waals surface area contributed by atoms with Crippen molar-refractivity contribution in [3.63, 3.8) is 0 Å². The lowest BCUT2D eigenvalue weighted by atomic mass is 9.95. The normalized spacial score (nSPS) is 17.2. The van der Waals surface area contributed by atoms with Crippen molar-refractivity contribution >= 4 is 33.3 Å². The molecule has 5 nitrogen and oxygen atoms in total. The molecule has 1 aliphatic heterocycles. The standard InChI is InChI=1S/C19H20N4OS/c1-22(2)18(24)17-16(14-6-3-4-7-15(14)25-17)13-8-11-23(12-13)19-20-9-5-10-21-19/h3-7,9-10,13H,8,11-12H2,1-2H3/t13-/m1/s1. The van der Waals surface area contributed by atoms with E-state index >= 15 is 0 Å². The van der Waals surface area contributed by atoms with E-state index in [0.717, 1.165) is 30.3 Å². The Bertz CT molecular complexity index is 906. The molecule has 0 unspecified atom stereocenters. The van der Waals surface area contributed by atoms with Gasteiger partial charge >= 0.3 is 0 Å². The van der Waals surface area contributed by atoms with Crippen LogP contribution in [0.3, 0.4) is 0 Å². The molecule has 2 aromatic heterocycles. The SMILES string of the molecule is CN(C)C(=O)c1sc2ccccc2c1[C@@H]1CCN(c2ncccn2)C1. The number of carbonyl (C=O) groups is 1. The number of carbonyl (C=O) groups excluding carboxylic acids is 1. The largest absolute Gasteiger partial charge is 0.344 e. The summed E-state index contributed by atoms with van der Waals surface area (Å²) in [5.74, 6) is 1.18. The molecule has 3 heterocycles. The van der Waals surface area contributed by atoms with Crippen molar-refractivity contribution in [2.45, 2.75) is 12.3 Å². The summed E-state index contributed by atoms with van der Waals surface area (Å²) in [6, 6.07) is 10.1. The van der Waals surface area contributed by atoms with Crippen LogP contribution in [0.2, 0.25) is 0 Å². The van der Waals surface area contributed by atoms with Gasteiger partial charge in [-0.25, -0.2) is 9.97 Å². The van der Waals surface area contributed by atoms with Gasteiger partial charge in [0.2, 0.25) is 5.95 Å². The number of benzene rings is 1. The van der Waals surface area contributed by atoms with Crippen LogP contribution in [0.5, 0.6) is 0 Å². The quantitative estimate of drug-likeness (QED) is 0.725. The Morgan fingerprint density at radius 1 is 1.20 bits per heavy atom. The number of nitrogens with zero attached hydrogens (tertiary/aromatic N) is 4. The first-order valence-corrected chi connectivity index (χ1v) is 9.22. The number of amides is 1. The highest BCUT2D eigenvalue weighted by Gasteiger charge is 2.31. The van der Waals surface area contributed by atoms with E-state index in [1.807, 2.05) is 26.2 Å². The maximum atomic E-state index is 12.7. The highest BCUT2D eigenvalue weighted by Crippen LogP contribution is 2.40. The monoisotopic (exact) mass is 352 g/mol. The van der Waals surface area contributed by atoms with Crippen LogP contribution in [0.15, 0.2) is 42.7 Å². The van der Waals surface area contributed by atoms with Crippen molar-refractivity contribution in [1.29, 1.82) is 0 Å². The third-order valence-corrected chi connectivity index (χ3v) is 5.84. The van der Waals surface area contributed by atoms with E-state index in [0.29, 0.717) is 5.92 Å². The molecule has 4 rings (SSSR count). The summed E-state index contributed by atoms with van der Waals surface area (Å²) in [6.07, 6.45) is 4.56. The van der Waals surface area contributed by atoms with Gasteiger partial charge in [0.25, 0.3) is 5.91 Å². The first-order chi connectivity index (χ1) is 12.1. The van der Waals surface area contributed by atoms with E-state index in [4.69, 9.17) is 0 Å². The lowest BCUT2D eigenvalue weighted by Crippen LogP contribution is -2.24. The molecule has 1 aromatic carbocycles. The van der Waals surface area contributed by atoms with Crippen molar-refractivity contribution in [2.24, 2.45) is 0 Å². The first-order valence-electron chi connectivity index (χ1n) is 8.40. The van der Waals surface area contributed by atoms with Gasteiger partial charge in [-0.1, -0.05) is 18.2 Å². The van der Waals surface area contributed by atoms with E-state index < -0.39 is 0 Å². The highest BCUT2D eigenvalue weighted by molar-refractivity contribution is 7.21. The van der Waals surface area contributed by atoms with E-state index in [9.17, 15) is 4.79 Å². The van der Waals surface area contributed by atoms with Crippen LogP contribution in [0, 0.1) is 0 Å². The number of thiophene rings is 1. The molecule has 6 heteroatoms. The Balaban J connectivity index is 1.73. The van der Waals surface area contributed by atoms with Crippen molar-refractivity contribution < 1.29 is 4.79 Å². The molecule has 1 atom stereocenters. The van der Waals surface area contributed by atoms with Gasteiger partial charge in [0, 0.05) is 50.2 Å². The molecule has 1 amide bonds. The van der Waals surface area contributed by atoms with Gasteiger partial charge in [-0.05, 0) is 29.5 Å². The number of aromatic nitrogens is 2. The predicted octanol–water partition coefficient (Wildman–Crippen LogP) is 3.39. The number of anilines is 1. The molecule has 1 aliphatic rings. The third-order valence-electron chi connectivity index (χ3n) is 4.67. The summed E-state index contributed by atoms with van der Waals surface area (Å²) in [5.41, 5.74) is 1.19. The molecule has 0 bridgehead atoms. The smallest absolute Gasteiger partial charge is 0.263 e. The molecule has 128 valence electrons. The van der Waals surface area contributed by atoms with Crippen LogP contribution in [0.4, 0.5) is 5.95 Å². The molecule has 1 fully saturated rings. The van der Waals surface area contributed by atoms with Gasteiger partial charge < -0.3 is 9.80 Å². The maximum absolute atomic E-state index is 12.7. The molecule has 25 heavy (non-hydrogen) atoms. The molecular weight excluding hydrogens is 332 g/mol. The fourth-order valence-corrected chi connectivity index (χ4v) is 4.78. The Labute approximate surface area is 150 Å². The first kappa shape index (κ1) is 16.0. The fraction of sp³-hybridized carbons (Fsp3) is 0.316. The number of fused-ring (bicyclic) bond motifs is 1. The summed E-state index contributed by atoms with van der Waals surface area (Å²) in [7, 11) is 3.63. The zero-order chi connectivity index (χ0) is 17.4. The Kier molecular flexibility index (Phi) is 4.13. The molecule has 0 N–H and O–H groups in total. The zero-order valence-corrected chi connectivity index (χ0v) is 15.2.